The fraction of sp³-hybridized carbons (Fsp3) is 0.400. The van der Waals surface area contributed by atoms with Crippen molar-refractivity contribution in [3.05, 3.63) is 46.1 Å². The monoisotopic (exact) mass is 407 g/mol. The summed E-state index contributed by atoms with van der Waals surface area (Å²) in [5.74, 6) is 0. The number of fused-ring (bicyclic) bond motifs is 4. The second kappa shape index (κ2) is 6.11. The number of imidazole rings is 1. The fourth-order valence-electron chi connectivity index (χ4n) is 4.65. The van der Waals surface area contributed by atoms with Crippen molar-refractivity contribution in [3.8, 4) is 11.4 Å². The summed E-state index contributed by atoms with van der Waals surface area (Å²) in [6.45, 7) is 5.96. The number of anilines is 1. The molecule has 0 radical (unpaired) electrons. The Morgan fingerprint density at radius 2 is 1.86 bits per heavy atom. The Labute approximate surface area is 170 Å². The molecule has 4 aromatic rings. The summed E-state index contributed by atoms with van der Waals surface area (Å²) in [6.07, 6.45) is 6.25. The minimum Gasteiger partial charge on any atom is -0.354 e. The molecule has 2 unspecified atom stereocenters. The lowest BCUT2D eigenvalue weighted by molar-refractivity contribution is 0.487. The Kier molecular flexibility index (Phi) is 3.60. The zero-order chi connectivity index (χ0) is 19.7. The first kappa shape index (κ1) is 17.1. The highest BCUT2D eigenvalue weighted by atomic mass is 32.1. The average molecular weight is 408 g/mol. The van der Waals surface area contributed by atoms with Crippen LogP contribution in [-0.2, 0) is 0 Å². The molecule has 148 valence electrons. The molecule has 2 aliphatic heterocycles. The van der Waals surface area contributed by atoms with Crippen LogP contribution >= 0.6 is 11.3 Å². The maximum atomic E-state index is 12.9. The number of thiazole rings is 1. The van der Waals surface area contributed by atoms with Crippen molar-refractivity contribution in [2.45, 2.75) is 38.8 Å². The lowest BCUT2D eigenvalue weighted by Crippen LogP contribution is -2.51. The maximum absolute atomic E-state index is 12.9. The van der Waals surface area contributed by atoms with Gasteiger partial charge in [-0.15, -0.1) is 0 Å². The number of nitrogens with zero attached hydrogens (tertiary/aromatic N) is 6. The Balaban J connectivity index is 1.47. The zero-order valence-electron chi connectivity index (χ0n) is 16.3. The molecule has 0 aromatic carbocycles. The molecule has 9 heteroatoms. The van der Waals surface area contributed by atoms with Crippen LogP contribution < -0.4 is 15.8 Å². The molecule has 2 bridgehead atoms. The van der Waals surface area contributed by atoms with Crippen LogP contribution in [0, 0.1) is 13.8 Å². The van der Waals surface area contributed by atoms with Gasteiger partial charge in [-0.1, -0.05) is 11.3 Å². The Bertz CT molecular complexity index is 1300. The van der Waals surface area contributed by atoms with Crippen molar-refractivity contribution in [1.82, 2.24) is 29.3 Å². The van der Waals surface area contributed by atoms with Crippen molar-refractivity contribution < 1.29 is 0 Å². The van der Waals surface area contributed by atoms with Crippen LogP contribution in [-0.4, -0.2) is 49.2 Å². The summed E-state index contributed by atoms with van der Waals surface area (Å²) in [5, 5.41) is 9.27. The third-order valence-electron chi connectivity index (χ3n) is 5.98. The second-order valence-corrected chi connectivity index (χ2v) is 9.00. The highest BCUT2D eigenvalue weighted by Crippen LogP contribution is 2.36. The minimum atomic E-state index is -0.0728. The molecular weight excluding hydrogens is 386 g/mol. The van der Waals surface area contributed by atoms with Gasteiger partial charge in [0, 0.05) is 37.4 Å². The predicted molar refractivity (Wildman–Crippen MR) is 113 cm³/mol. The van der Waals surface area contributed by atoms with Gasteiger partial charge in [0.05, 0.1) is 17.6 Å². The van der Waals surface area contributed by atoms with Gasteiger partial charge in [0.25, 0.3) is 5.56 Å². The topological polar surface area (TPSA) is 79.8 Å². The fourth-order valence-corrected chi connectivity index (χ4v) is 5.78. The molecule has 1 N–H and O–H groups in total. The van der Waals surface area contributed by atoms with Gasteiger partial charge in [-0.2, -0.15) is 5.10 Å². The van der Waals surface area contributed by atoms with E-state index in [4.69, 9.17) is 4.98 Å². The van der Waals surface area contributed by atoms with Crippen molar-refractivity contribution in [3.63, 3.8) is 0 Å². The van der Waals surface area contributed by atoms with Crippen LogP contribution in [0.3, 0.4) is 0 Å². The first-order valence-corrected chi connectivity index (χ1v) is 10.7. The van der Waals surface area contributed by atoms with E-state index in [0.717, 1.165) is 35.0 Å². The van der Waals surface area contributed by atoms with Crippen LogP contribution in [0.2, 0.25) is 0 Å². The SMILES string of the molecule is Cc1cn2nc(-c3cc(=O)n4cc(N5C6CCC5CNC6)sc4n3)cc(C)c2n1. The Hall–Kier alpha value is -2.78. The van der Waals surface area contributed by atoms with Crippen molar-refractivity contribution in [1.29, 1.82) is 0 Å². The largest absolute Gasteiger partial charge is 0.354 e. The van der Waals surface area contributed by atoms with E-state index in [1.807, 2.05) is 32.3 Å². The first-order chi connectivity index (χ1) is 14.1. The van der Waals surface area contributed by atoms with E-state index in [9.17, 15) is 4.79 Å². The van der Waals surface area contributed by atoms with Gasteiger partial charge in [0.15, 0.2) is 10.6 Å². The molecule has 0 spiro atoms. The van der Waals surface area contributed by atoms with E-state index in [-0.39, 0.29) is 5.56 Å². The van der Waals surface area contributed by atoms with Crippen molar-refractivity contribution in [2.24, 2.45) is 0 Å². The van der Waals surface area contributed by atoms with Crippen molar-refractivity contribution in [2.75, 3.05) is 18.0 Å². The number of hydrogen-bond donors (Lipinski definition) is 1. The van der Waals surface area contributed by atoms with Crippen LogP contribution in [0.25, 0.3) is 22.0 Å². The van der Waals surface area contributed by atoms with Crippen molar-refractivity contribution >= 4 is 26.9 Å². The molecule has 8 nitrogen and oxygen atoms in total. The van der Waals surface area contributed by atoms with Gasteiger partial charge in [0.2, 0.25) is 0 Å². The molecule has 6 rings (SSSR count). The normalized spacial score (nSPS) is 21.5. The molecule has 0 saturated carbocycles. The molecule has 6 heterocycles. The molecule has 2 atom stereocenters. The van der Waals surface area contributed by atoms with Gasteiger partial charge in [-0.3, -0.25) is 9.20 Å². The molecule has 2 saturated heterocycles. The molecule has 2 aliphatic rings. The average Bonchev–Trinajstić information content (AvgIpc) is 3.35. The van der Waals surface area contributed by atoms with E-state index in [2.05, 4.69) is 20.3 Å². The van der Waals surface area contributed by atoms with Crippen LogP contribution in [0.4, 0.5) is 5.00 Å². The summed E-state index contributed by atoms with van der Waals surface area (Å²) in [7, 11) is 0. The third kappa shape index (κ3) is 2.61. The van der Waals surface area contributed by atoms with E-state index >= 15 is 0 Å². The standard InChI is InChI=1S/C20H21N7OS/c1-11-5-16(24-26-9-12(2)22-19(11)26)15-6-17(28)25-10-18(29-20(25)23-15)27-13-3-4-14(27)8-21-7-13/h5-6,9-10,13-14,21H,3-4,7-8H2,1-2H3. The molecule has 4 aromatic heterocycles. The Morgan fingerprint density at radius 3 is 2.66 bits per heavy atom. The number of aromatic nitrogens is 5. The summed E-state index contributed by atoms with van der Waals surface area (Å²) in [5.41, 5.74) is 3.96. The van der Waals surface area contributed by atoms with Crippen LogP contribution in [0.5, 0.6) is 0 Å². The van der Waals surface area contributed by atoms with Crippen LogP contribution in [0.15, 0.2) is 29.3 Å². The van der Waals surface area contributed by atoms with E-state index < -0.39 is 0 Å². The lowest BCUT2D eigenvalue weighted by Gasteiger charge is -2.35. The summed E-state index contributed by atoms with van der Waals surface area (Å²) >= 11 is 1.59. The molecule has 0 aliphatic carbocycles. The Morgan fingerprint density at radius 1 is 1.07 bits per heavy atom. The quantitative estimate of drug-likeness (QED) is 0.548. The first-order valence-electron chi connectivity index (χ1n) is 9.93. The summed E-state index contributed by atoms with van der Waals surface area (Å²) in [6, 6.07) is 4.54. The number of aryl methyl sites for hydroxylation is 2. The predicted octanol–water partition coefficient (Wildman–Crippen LogP) is 2.02. The number of piperazine rings is 1. The third-order valence-corrected chi connectivity index (χ3v) is 6.98. The zero-order valence-corrected chi connectivity index (χ0v) is 17.1. The maximum Gasteiger partial charge on any atom is 0.259 e. The van der Waals surface area contributed by atoms with Gasteiger partial charge >= 0.3 is 0 Å². The van der Waals surface area contributed by atoms with E-state index in [1.54, 1.807) is 26.3 Å². The highest BCUT2D eigenvalue weighted by molar-refractivity contribution is 7.20. The lowest BCUT2D eigenvalue weighted by atomic mass is 10.2. The smallest absolute Gasteiger partial charge is 0.259 e. The molecule has 2 fully saturated rings. The molecule has 29 heavy (non-hydrogen) atoms. The number of rotatable bonds is 2. The molecular formula is C20H21N7OS. The van der Waals surface area contributed by atoms with Gasteiger partial charge in [-0.25, -0.2) is 14.5 Å². The molecule has 0 amide bonds. The highest BCUT2D eigenvalue weighted by Gasteiger charge is 2.37. The summed E-state index contributed by atoms with van der Waals surface area (Å²) < 4.78 is 3.43. The summed E-state index contributed by atoms with van der Waals surface area (Å²) in [4.78, 5) is 25.3. The minimum absolute atomic E-state index is 0.0728. The van der Waals surface area contributed by atoms with E-state index in [1.165, 1.54) is 12.8 Å². The van der Waals surface area contributed by atoms with Crippen LogP contribution in [0.1, 0.15) is 24.1 Å². The second-order valence-electron chi connectivity index (χ2n) is 8.02. The van der Waals surface area contributed by atoms with Gasteiger partial charge in [0.1, 0.15) is 10.7 Å². The number of nitrogens with one attached hydrogen (secondary N) is 1. The van der Waals surface area contributed by atoms with E-state index in [0.29, 0.717) is 28.4 Å². The number of hydrogen-bond acceptors (Lipinski definition) is 7. The van der Waals surface area contributed by atoms with Gasteiger partial charge < -0.3 is 10.2 Å². The van der Waals surface area contributed by atoms with Gasteiger partial charge in [-0.05, 0) is 38.3 Å².